The number of para-hydroxylation sites is 2. The summed E-state index contributed by atoms with van der Waals surface area (Å²) in [5, 5.41) is 36.8. The lowest BCUT2D eigenvalue weighted by Crippen LogP contribution is -2.17. The molecule has 0 aliphatic rings. The number of aromatic hydroxyl groups is 2. The number of benzene rings is 2. The van der Waals surface area contributed by atoms with E-state index in [-0.39, 0.29) is 29.5 Å². The zero-order valence-corrected chi connectivity index (χ0v) is 18.7. The van der Waals surface area contributed by atoms with Gasteiger partial charge in [-0.25, -0.2) is 5.43 Å². The summed E-state index contributed by atoms with van der Waals surface area (Å²) < 4.78 is 0.393. The van der Waals surface area contributed by atoms with E-state index in [0.717, 1.165) is 19.1 Å². The van der Waals surface area contributed by atoms with Gasteiger partial charge in [-0.15, -0.1) is 0 Å². The third-order valence-electron chi connectivity index (χ3n) is 4.41. The predicted octanol–water partition coefficient (Wildman–Crippen LogP) is 4.20. The Morgan fingerprint density at radius 2 is 1.72 bits per heavy atom. The smallest absolute Gasteiger partial charge is 0.312 e. The van der Waals surface area contributed by atoms with Crippen molar-refractivity contribution in [3.8, 4) is 11.5 Å². The number of carbonyl (C=O) groups is 2. The molecule has 11 heteroatoms. The predicted molar refractivity (Wildman–Crippen MR) is 123 cm³/mol. The van der Waals surface area contributed by atoms with E-state index in [2.05, 4.69) is 31.8 Å². The Labute approximate surface area is 192 Å². The fourth-order valence-corrected chi connectivity index (χ4v) is 3.25. The first-order valence-electron chi connectivity index (χ1n) is 9.84. The van der Waals surface area contributed by atoms with Crippen molar-refractivity contribution in [1.29, 1.82) is 0 Å². The number of hydrazone groups is 1. The first-order valence-corrected chi connectivity index (χ1v) is 10.6. The van der Waals surface area contributed by atoms with Crippen LogP contribution < -0.4 is 10.7 Å². The van der Waals surface area contributed by atoms with Crippen molar-refractivity contribution in [1.82, 2.24) is 5.43 Å². The minimum absolute atomic E-state index is 0.0165. The van der Waals surface area contributed by atoms with Gasteiger partial charge >= 0.3 is 5.69 Å². The van der Waals surface area contributed by atoms with Crippen LogP contribution in [0.3, 0.4) is 0 Å². The number of hydrogen-bond donors (Lipinski definition) is 4. The van der Waals surface area contributed by atoms with Gasteiger partial charge in [-0.05, 0) is 31.0 Å². The molecule has 0 radical (unpaired) electrons. The van der Waals surface area contributed by atoms with Crippen LogP contribution in [0.15, 0.2) is 46.0 Å². The first-order chi connectivity index (χ1) is 15.3. The van der Waals surface area contributed by atoms with Crippen LogP contribution in [0, 0.1) is 10.1 Å². The number of phenolic OH excluding ortho intramolecular Hbond substituents is 2. The fourth-order valence-electron chi connectivity index (χ4n) is 2.79. The molecule has 0 spiro atoms. The Morgan fingerprint density at radius 1 is 1.06 bits per heavy atom. The summed E-state index contributed by atoms with van der Waals surface area (Å²) in [5.41, 5.74) is 2.31. The van der Waals surface area contributed by atoms with Crippen molar-refractivity contribution in [2.45, 2.75) is 38.5 Å². The zero-order valence-electron chi connectivity index (χ0n) is 17.1. The zero-order chi connectivity index (χ0) is 23.5. The van der Waals surface area contributed by atoms with E-state index >= 15 is 0 Å². The largest absolute Gasteiger partial charge is 0.506 e. The molecule has 0 aromatic heterocycles. The van der Waals surface area contributed by atoms with Gasteiger partial charge in [0.1, 0.15) is 5.75 Å². The van der Waals surface area contributed by atoms with E-state index < -0.39 is 16.4 Å². The number of phenols is 2. The number of nitrogens with zero attached hydrogens (tertiary/aromatic N) is 2. The number of rotatable bonds is 11. The standard InChI is InChI=1S/C21H23BrN4O6/c22-15-11-14(21(30)17(12-15)26(31)32)13-23-25-20(29)10-4-2-1-3-9-19(28)24-16-7-5-6-8-18(16)27/h5-8,11-13,27,30H,1-4,9-10H2,(H,24,28)(H,25,29)/b23-13+. The van der Waals surface area contributed by atoms with E-state index in [1.54, 1.807) is 18.2 Å². The number of amides is 2. The molecule has 0 saturated heterocycles. The van der Waals surface area contributed by atoms with Crippen LogP contribution >= 0.6 is 15.9 Å². The molecule has 0 heterocycles. The number of anilines is 1. The van der Waals surface area contributed by atoms with Crippen LogP contribution in [0.5, 0.6) is 11.5 Å². The molecule has 170 valence electrons. The Kier molecular flexibility index (Phi) is 9.61. The van der Waals surface area contributed by atoms with Crippen LogP contribution in [0.4, 0.5) is 11.4 Å². The van der Waals surface area contributed by atoms with Crippen molar-refractivity contribution in [2.75, 3.05) is 5.32 Å². The molecule has 2 amide bonds. The maximum atomic E-state index is 11.9. The van der Waals surface area contributed by atoms with Gasteiger partial charge in [-0.3, -0.25) is 19.7 Å². The quantitative estimate of drug-likeness (QED) is 0.118. The van der Waals surface area contributed by atoms with Crippen LogP contribution in [0.1, 0.15) is 44.1 Å². The second-order valence-corrected chi connectivity index (χ2v) is 7.81. The summed E-state index contributed by atoms with van der Waals surface area (Å²) in [7, 11) is 0. The summed E-state index contributed by atoms with van der Waals surface area (Å²) in [6.07, 6.45) is 4.45. The van der Waals surface area contributed by atoms with Gasteiger partial charge in [0.15, 0.2) is 0 Å². The highest BCUT2D eigenvalue weighted by Crippen LogP contribution is 2.32. The van der Waals surface area contributed by atoms with Crippen LogP contribution in [0.25, 0.3) is 0 Å². The Balaban J connectivity index is 1.64. The van der Waals surface area contributed by atoms with Gasteiger partial charge in [-0.2, -0.15) is 5.10 Å². The van der Waals surface area contributed by atoms with E-state index in [1.165, 1.54) is 18.2 Å². The molecule has 0 fully saturated rings. The van der Waals surface area contributed by atoms with Gasteiger partial charge in [-0.1, -0.05) is 40.9 Å². The van der Waals surface area contributed by atoms with Gasteiger partial charge in [0.05, 0.1) is 16.8 Å². The van der Waals surface area contributed by atoms with Crippen molar-refractivity contribution >= 4 is 45.3 Å². The molecule has 0 saturated carbocycles. The number of unbranched alkanes of at least 4 members (excludes halogenated alkanes) is 3. The summed E-state index contributed by atoms with van der Waals surface area (Å²) in [5.74, 6) is -1.04. The molecule has 32 heavy (non-hydrogen) atoms. The number of halogens is 1. The molecule has 0 atom stereocenters. The maximum absolute atomic E-state index is 11.9. The minimum atomic E-state index is -0.717. The van der Waals surface area contributed by atoms with Gasteiger partial charge in [0.2, 0.25) is 17.6 Å². The number of carbonyl (C=O) groups excluding carboxylic acids is 2. The first kappa shape index (κ1) is 24.8. The Morgan fingerprint density at radius 3 is 2.38 bits per heavy atom. The third kappa shape index (κ3) is 7.99. The van der Waals surface area contributed by atoms with Gasteiger partial charge in [0.25, 0.3) is 0 Å². The average molecular weight is 507 g/mol. The van der Waals surface area contributed by atoms with Gasteiger partial charge in [0, 0.05) is 28.9 Å². The number of nitrogens with one attached hydrogen (secondary N) is 2. The normalized spacial score (nSPS) is 10.8. The SMILES string of the molecule is O=C(CCCCCCC(=O)Nc1ccccc1O)N/N=C/c1cc(Br)cc([N+](=O)[O-])c1O. The number of nitro benzene ring substituents is 1. The molecule has 0 bridgehead atoms. The summed E-state index contributed by atoms with van der Waals surface area (Å²) in [6, 6.07) is 9.11. The van der Waals surface area contributed by atoms with E-state index in [9.17, 15) is 29.9 Å². The second-order valence-electron chi connectivity index (χ2n) is 6.89. The highest BCUT2D eigenvalue weighted by atomic mass is 79.9. The Bertz CT molecular complexity index is 1010. The number of nitro groups is 1. The third-order valence-corrected chi connectivity index (χ3v) is 4.87. The van der Waals surface area contributed by atoms with E-state index in [4.69, 9.17) is 0 Å². The van der Waals surface area contributed by atoms with E-state index in [0.29, 0.717) is 29.4 Å². The van der Waals surface area contributed by atoms with Crippen molar-refractivity contribution in [2.24, 2.45) is 5.10 Å². The van der Waals surface area contributed by atoms with Crippen molar-refractivity contribution in [3.05, 3.63) is 56.5 Å². The molecule has 2 rings (SSSR count). The summed E-state index contributed by atoms with van der Waals surface area (Å²) in [4.78, 5) is 33.9. The topological polar surface area (TPSA) is 154 Å². The highest BCUT2D eigenvalue weighted by molar-refractivity contribution is 9.10. The molecule has 10 nitrogen and oxygen atoms in total. The van der Waals surface area contributed by atoms with Crippen molar-refractivity contribution < 1.29 is 24.7 Å². The molecule has 2 aromatic carbocycles. The molecule has 0 aliphatic heterocycles. The van der Waals surface area contributed by atoms with Gasteiger partial charge < -0.3 is 15.5 Å². The van der Waals surface area contributed by atoms with Crippen LogP contribution in [-0.4, -0.2) is 33.2 Å². The molecule has 2 aromatic rings. The maximum Gasteiger partial charge on any atom is 0.312 e. The molecular formula is C21H23BrN4O6. The monoisotopic (exact) mass is 506 g/mol. The highest BCUT2D eigenvalue weighted by Gasteiger charge is 2.17. The average Bonchev–Trinajstić information content (AvgIpc) is 2.74. The second kappa shape index (κ2) is 12.4. The number of hydrogen-bond acceptors (Lipinski definition) is 7. The Hall–Kier alpha value is -3.47. The minimum Gasteiger partial charge on any atom is -0.506 e. The lowest BCUT2D eigenvalue weighted by molar-refractivity contribution is -0.385. The van der Waals surface area contributed by atoms with Crippen molar-refractivity contribution in [3.63, 3.8) is 0 Å². The van der Waals surface area contributed by atoms with Crippen LogP contribution in [-0.2, 0) is 9.59 Å². The summed E-state index contributed by atoms with van der Waals surface area (Å²) in [6.45, 7) is 0. The lowest BCUT2D eigenvalue weighted by Gasteiger charge is -2.06. The fraction of sp³-hybridized carbons (Fsp3) is 0.286. The molecular weight excluding hydrogens is 484 g/mol. The molecule has 0 unspecified atom stereocenters. The molecule has 0 aliphatic carbocycles. The summed E-state index contributed by atoms with van der Waals surface area (Å²) >= 11 is 3.12. The lowest BCUT2D eigenvalue weighted by atomic mass is 10.1. The van der Waals surface area contributed by atoms with E-state index in [1.807, 2.05) is 0 Å². The van der Waals surface area contributed by atoms with Crippen LogP contribution in [0.2, 0.25) is 0 Å². The molecule has 4 N–H and O–H groups in total.